The zero-order valence-corrected chi connectivity index (χ0v) is 22.1. The molecule has 4 aliphatic carbocycles. The molecule has 2 unspecified atom stereocenters. The molecule has 1 amide bonds. The van der Waals surface area contributed by atoms with Gasteiger partial charge in [0.05, 0.1) is 6.10 Å². The van der Waals surface area contributed by atoms with Crippen LogP contribution in [0.15, 0.2) is 0 Å². The fraction of sp³-hybridized carbons (Fsp3) is 0.931. The minimum atomic E-state index is -0.950. The molecule has 4 fully saturated rings. The van der Waals surface area contributed by atoms with E-state index in [0.29, 0.717) is 42.1 Å². The number of carbonyl (C=O) groups is 2. The summed E-state index contributed by atoms with van der Waals surface area (Å²) in [5, 5.41) is 22.4. The summed E-state index contributed by atoms with van der Waals surface area (Å²) in [6, 6.07) is -0.796. The summed E-state index contributed by atoms with van der Waals surface area (Å²) in [5.41, 5.74) is 6.32. The van der Waals surface area contributed by atoms with Crippen LogP contribution in [-0.4, -0.2) is 40.8 Å². The summed E-state index contributed by atoms with van der Waals surface area (Å²) < 4.78 is 0. The summed E-state index contributed by atoms with van der Waals surface area (Å²) >= 11 is 0. The number of amides is 1. The normalized spacial score (nSPS) is 41.4. The largest absolute Gasteiger partial charge is 0.480 e. The van der Waals surface area contributed by atoms with Crippen LogP contribution in [0.2, 0.25) is 0 Å². The average molecular weight is 491 g/mol. The van der Waals surface area contributed by atoms with Crippen molar-refractivity contribution < 1.29 is 19.8 Å². The first-order chi connectivity index (χ1) is 16.7. The molecule has 4 saturated carbocycles. The van der Waals surface area contributed by atoms with Gasteiger partial charge in [0.25, 0.3) is 0 Å². The van der Waals surface area contributed by atoms with Gasteiger partial charge >= 0.3 is 5.97 Å². The second-order valence-corrected chi connectivity index (χ2v) is 13.0. The quantitative estimate of drug-likeness (QED) is 0.326. The maximum absolute atomic E-state index is 12.5. The zero-order valence-electron chi connectivity index (χ0n) is 22.1. The second-order valence-electron chi connectivity index (χ2n) is 13.0. The van der Waals surface area contributed by atoms with E-state index in [1.807, 2.05) is 0 Å². The van der Waals surface area contributed by atoms with Crippen LogP contribution in [-0.2, 0) is 9.59 Å². The number of aliphatic carboxylic acids is 1. The summed E-state index contributed by atoms with van der Waals surface area (Å²) in [6.07, 6.45) is 15.3. The number of hydrogen-bond acceptors (Lipinski definition) is 4. The fourth-order valence-electron chi connectivity index (χ4n) is 9.34. The van der Waals surface area contributed by atoms with Gasteiger partial charge in [-0.2, -0.15) is 0 Å². The Balaban J connectivity index is 1.29. The molecule has 6 heteroatoms. The Morgan fingerprint density at radius 2 is 1.71 bits per heavy atom. The first-order valence-corrected chi connectivity index (χ1v) is 14.6. The minimum Gasteiger partial charge on any atom is -0.480 e. The van der Waals surface area contributed by atoms with E-state index in [-0.39, 0.29) is 12.0 Å². The van der Waals surface area contributed by atoms with Gasteiger partial charge in [0, 0.05) is 6.42 Å². The second kappa shape index (κ2) is 11.1. The molecule has 200 valence electrons. The molecule has 0 aromatic carbocycles. The molecule has 4 aliphatic rings. The topological polar surface area (TPSA) is 113 Å². The monoisotopic (exact) mass is 490 g/mol. The minimum absolute atomic E-state index is 0.0803. The van der Waals surface area contributed by atoms with E-state index in [2.05, 4.69) is 19.2 Å². The molecule has 0 heterocycles. The third-order valence-corrected chi connectivity index (χ3v) is 11.4. The number of nitrogens with one attached hydrogen (secondary N) is 1. The smallest absolute Gasteiger partial charge is 0.326 e. The molecule has 6 nitrogen and oxygen atoms in total. The van der Waals surface area contributed by atoms with Gasteiger partial charge in [0.2, 0.25) is 5.91 Å². The Labute approximate surface area is 212 Å². The van der Waals surface area contributed by atoms with Gasteiger partial charge in [-0.15, -0.1) is 0 Å². The van der Waals surface area contributed by atoms with Gasteiger partial charge in [-0.1, -0.05) is 13.8 Å². The van der Waals surface area contributed by atoms with E-state index in [4.69, 9.17) is 5.73 Å². The van der Waals surface area contributed by atoms with Gasteiger partial charge in [0.1, 0.15) is 6.04 Å². The number of rotatable bonds is 10. The van der Waals surface area contributed by atoms with Crippen LogP contribution in [0.1, 0.15) is 110 Å². The van der Waals surface area contributed by atoms with E-state index in [9.17, 15) is 19.8 Å². The van der Waals surface area contributed by atoms with Crippen LogP contribution in [0.25, 0.3) is 0 Å². The summed E-state index contributed by atoms with van der Waals surface area (Å²) in [6.45, 7) is 5.64. The van der Waals surface area contributed by atoms with E-state index in [1.165, 1.54) is 44.9 Å². The summed E-state index contributed by atoms with van der Waals surface area (Å²) in [7, 11) is 0. The highest BCUT2D eigenvalue weighted by Crippen LogP contribution is 2.67. The first-order valence-electron chi connectivity index (χ1n) is 14.6. The SMILES string of the molecule is C[C@]12CCC3[C@@H](CC[C@@H]4C[C@H](O)CC[C@]34C)C1CC[C@@H]2CCCC(=O)N[C@@H](CCCCN)C(=O)O. The molecule has 0 aromatic rings. The molecule has 35 heavy (non-hydrogen) atoms. The van der Waals surface area contributed by atoms with Crippen molar-refractivity contribution in [1.29, 1.82) is 0 Å². The summed E-state index contributed by atoms with van der Waals surface area (Å²) in [5.74, 6) is 2.78. The molecule has 4 rings (SSSR count). The maximum Gasteiger partial charge on any atom is 0.326 e. The van der Waals surface area contributed by atoms with Crippen molar-refractivity contribution in [3.8, 4) is 0 Å². The highest BCUT2D eigenvalue weighted by molar-refractivity contribution is 5.83. The predicted octanol–water partition coefficient (Wildman–Crippen LogP) is 4.87. The highest BCUT2D eigenvalue weighted by Gasteiger charge is 2.59. The van der Waals surface area contributed by atoms with Crippen molar-refractivity contribution in [2.75, 3.05) is 6.54 Å². The number of nitrogens with two attached hydrogens (primary N) is 1. The number of hydrogen-bond donors (Lipinski definition) is 4. The van der Waals surface area contributed by atoms with Crippen molar-refractivity contribution in [3.63, 3.8) is 0 Å². The van der Waals surface area contributed by atoms with Crippen LogP contribution < -0.4 is 11.1 Å². The maximum atomic E-state index is 12.5. The number of aliphatic hydroxyl groups is 1. The molecule has 0 spiro atoms. The lowest BCUT2D eigenvalue weighted by Gasteiger charge is -2.61. The molecular formula is C29H50N2O4. The number of carboxylic acid groups (broad SMARTS) is 1. The average Bonchev–Trinajstić information content (AvgIpc) is 3.15. The van der Waals surface area contributed by atoms with Gasteiger partial charge in [-0.05, 0) is 137 Å². The van der Waals surface area contributed by atoms with Crippen LogP contribution >= 0.6 is 0 Å². The van der Waals surface area contributed by atoms with Crippen LogP contribution in [0.3, 0.4) is 0 Å². The molecule has 0 bridgehead atoms. The molecule has 0 aliphatic heterocycles. The lowest BCUT2D eigenvalue weighted by atomic mass is 9.44. The molecule has 0 saturated heterocycles. The molecule has 0 radical (unpaired) electrons. The molecule has 5 N–H and O–H groups in total. The third kappa shape index (κ3) is 5.44. The van der Waals surface area contributed by atoms with Crippen molar-refractivity contribution in [3.05, 3.63) is 0 Å². The van der Waals surface area contributed by atoms with Gasteiger partial charge in [-0.25, -0.2) is 4.79 Å². The van der Waals surface area contributed by atoms with Crippen LogP contribution in [0, 0.1) is 40.4 Å². The Hall–Kier alpha value is -1.14. The number of carbonyl (C=O) groups excluding carboxylic acids is 1. The lowest BCUT2D eigenvalue weighted by molar-refractivity contribution is -0.142. The van der Waals surface area contributed by atoms with E-state index in [1.54, 1.807) is 0 Å². The number of aliphatic hydroxyl groups excluding tert-OH is 1. The molecule has 0 aromatic heterocycles. The molecular weight excluding hydrogens is 440 g/mol. The number of carboxylic acids is 1. The van der Waals surface area contributed by atoms with Crippen LogP contribution in [0.5, 0.6) is 0 Å². The van der Waals surface area contributed by atoms with Gasteiger partial charge in [0.15, 0.2) is 0 Å². The lowest BCUT2D eigenvalue weighted by Crippen LogP contribution is -2.53. The van der Waals surface area contributed by atoms with Crippen molar-refractivity contribution in [2.24, 2.45) is 46.2 Å². The number of unbranched alkanes of at least 4 members (excludes halogenated alkanes) is 1. The Morgan fingerprint density at radius 1 is 0.971 bits per heavy atom. The fourth-order valence-corrected chi connectivity index (χ4v) is 9.34. The summed E-state index contributed by atoms with van der Waals surface area (Å²) in [4.78, 5) is 24.0. The number of fused-ring (bicyclic) bond motifs is 5. The van der Waals surface area contributed by atoms with Gasteiger partial charge in [-0.3, -0.25) is 4.79 Å². The first kappa shape index (κ1) is 26.9. The Kier molecular flexibility index (Phi) is 8.52. The Morgan fingerprint density at radius 3 is 2.46 bits per heavy atom. The van der Waals surface area contributed by atoms with Gasteiger partial charge < -0.3 is 21.3 Å². The third-order valence-electron chi connectivity index (χ3n) is 11.4. The standard InChI is InChI=1S/C29H50N2O4/c1-28-16-14-24-22(11-9-20-18-21(32)13-15-29(20,24)2)23(28)12-10-19(28)6-5-8-26(33)31-25(27(34)35)7-3-4-17-30/h19-25,32H,3-18,30H2,1-2H3,(H,31,33)(H,34,35)/t19-,20+,21+,22-,23?,24?,25-,28+,29-/m0/s1. The van der Waals surface area contributed by atoms with Crippen molar-refractivity contribution in [2.45, 2.75) is 122 Å². The predicted molar refractivity (Wildman–Crippen MR) is 138 cm³/mol. The van der Waals surface area contributed by atoms with E-state index < -0.39 is 12.0 Å². The van der Waals surface area contributed by atoms with Crippen LogP contribution in [0.4, 0.5) is 0 Å². The van der Waals surface area contributed by atoms with Crippen molar-refractivity contribution >= 4 is 11.9 Å². The van der Waals surface area contributed by atoms with Crippen molar-refractivity contribution in [1.82, 2.24) is 5.32 Å². The highest BCUT2D eigenvalue weighted by atomic mass is 16.4. The van der Waals surface area contributed by atoms with E-state index in [0.717, 1.165) is 56.3 Å². The van der Waals surface area contributed by atoms with E-state index >= 15 is 0 Å². The zero-order chi connectivity index (χ0) is 25.2. The molecule has 9 atom stereocenters. The Bertz CT molecular complexity index is 759.